The van der Waals surface area contributed by atoms with E-state index in [1.807, 2.05) is 6.33 Å². The molecule has 0 spiro atoms. The second-order valence-corrected chi connectivity index (χ2v) is 4.79. The zero-order chi connectivity index (χ0) is 11.0. The van der Waals surface area contributed by atoms with Crippen molar-refractivity contribution in [1.82, 2.24) is 15.3 Å². The molecule has 1 aromatic heterocycles. The van der Waals surface area contributed by atoms with Crippen molar-refractivity contribution in [2.75, 3.05) is 19.8 Å². The molecule has 2 atom stereocenters. The number of ether oxygens (including phenoxy) is 1. The van der Waals surface area contributed by atoms with E-state index in [9.17, 15) is 0 Å². The standard InChI is InChI=1S/C12H19N3O/c1-2-12(9-4-6-16-7-9)11-10(3-5-15-12)13-8-14-11/h8-9,15H,2-7H2,1H3,(H,13,14). The van der Waals surface area contributed by atoms with Crippen LogP contribution in [0.4, 0.5) is 0 Å². The van der Waals surface area contributed by atoms with E-state index in [4.69, 9.17) is 4.74 Å². The van der Waals surface area contributed by atoms with Crippen LogP contribution < -0.4 is 5.32 Å². The molecule has 2 aliphatic rings. The van der Waals surface area contributed by atoms with Gasteiger partial charge in [0.25, 0.3) is 0 Å². The van der Waals surface area contributed by atoms with Crippen LogP contribution >= 0.6 is 0 Å². The third-order valence-electron chi connectivity index (χ3n) is 4.14. The summed E-state index contributed by atoms with van der Waals surface area (Å²) in [5.74, 6) is 0.569. The second-order valence-electron chi connectivity index (χ2n) is 4.79. The number of fused-ring (bicyclic) bond motifs is 1. The Morgan fingerprint density at radius 1 is 1.62 bits per heavy atom. The number of aromatic amines is 1. The Bertz CT molecular complexity index is 370. The molecule has 0 saturated carbocycles. The first-order valence-electron chi connectivity index (χ1n) is 6.22. The van der Waals surface area contributed by atoms with Crippen molar-refractivity contribution in [3.63, 3.8) is 0 Å². The van der Waals surface area contributed by atoms with Gasteiger partial charge in [0, 0.05) is 31.2 Å². The summed E-state index contributed by atoms with van der Waals surface area (Å²) in [5, 5.41) is 3.70. The minimum atomic E-state index is 0.0457. The smallest absolute Gasteiger partial charge is 0.0926 e. The molecule has 1 aromatic rings. The number of hydrogen-bond acceptors (Lipinski definition) is 3. The van der Waals surface area contributed by atoms with Crippen molar-refractivity contribution in [3.05, 3.63) is 17.7 Å². The molecule has 3 heterocycles. The molecule has 0 aromatic carbocycles. The van der Waals surface area contributed by atoms with Crippen molar-refractivity contribution in [2.24, 2.45) is 5.92 Å². The maximum Gasteiger partial charge on any atom is 0.0926 e. The molecule has 1 fully saturated rings. The Hall–Kier alpha value is -0.870. The van der Waals surface area contributed by atoms with Crippen LogP contribution in [-0.4, -0.2) is 29.7 Å². The first-order valence-corrected chi connectivity index (χ1v) is 6.22. The average Bonchev–Trinajstić information content (AvgIpc) is 2.99. The monoisotopic (exact) mass is 221 g/mol. The fourth-order valence-electron chi connectivity index (χ4n) is 3.23. The molecular formula is C12H19N3O. The van der Waals surface area contributed by atoms with Crippen LogP contribution in [0.3, 0.4) is 0 Å². The summed E-state index contributed by atoms with van der Waals surface area (Å²) in [4.78, 5) is 7.83. The predicted molar refractivity (Wildman–Crippen MR) is 61.2 cm³/mol. The Morgan fingerprint density at radius 3 is 3.31 bits per heavy atom. The van der Waals surface area contributed by atoms with Crippen molar-refractivity contribution in [2.45, 2.75) is 31.7 Å². The van der Waals surface area contributed by atoms with E-state index in [-0.39, 0.29) is 5.54 Å². The van der Waals surface area contributed by atoms with Gasteiger partial charge < -0.3 is 15.0 Å². The molecule has 4 heteroatoms. The van der Waals surface area contributed by atoms with Gasteiger partial charge in [-0.05, 0) is 12.8 Å². The average molecular weight is 221 g/mol. The summed E-state index contributed by atoms with van der Waals surface area (Å²) in [5.41, 5.74) is 2.59. The molecule has 3 rings (SSSR count). The van der Waals surface area contributed by atoms with Gasteiger partial charge in [0.05, 0.1) is 24.2 Å². The van der Waals surface area contributed by atoms with Crippen LogP contribution in [0.1, 0.15) is 31.2 Å². The van der Waals surface area contributed by atoms with E-state index in [1.54, 1.807) is 0 Å². The predicted octanol–water partition coefficient (Wildman–Crippen LogP) is 1.20. The number of H-pyrrole nitrogens is 1. The molecule has 0 amide bonds. The van der Waals surface area contributed by atoms with Crippen molar-refractivity contribution in [1.29, 1.82) is 0 Å². The van der Waals surface area contributed by atoms with Gasteiger partial charge in [0.15, 0.2) is 0 Å². The summed E-state index contributed by atoms with van der Waals surface area (Å²) in [6.45, 7) is 5.05. The third kappa shape index (κ3) is 1.33. The minimum Gasteiger partial charge on any atom is -0.381 e. The lowest BCUT2D eigenvalue weighted by molar-refractivity contribution is 0.134. The van der Waals surface area contributed by atoms with Crippen molar-refractivity contribution < 1.29 is 4.74 Å². The first kappa shape index (κ1) is 10.3. The Labute approximate surface area is 95.8 Å². The van der Waals surface area contributed by atoms with Gasteiger partial charge in [-0.2, -0.15) is 0 Å². The van der Waals surface area contributed by atoms with Crippen molar-refractivity contribution in [3.8, 4) is 0 Å². The zero-order valence-electron chi connectivity index (χ0n) is 9.75. The Balaban J connectivity index is 2.02. The van der Waals surface area contributed by atoms with Crippen LogP contribution in [0.25, 0.3) is 0 Å². The Kier molecular flexibility index (Phi) is 2.48. The molecule has 16 heavy (non-hydrogen) atoms. The van der Waals surface area contributed by atoms with Gasteiger partial charge in [-0.1, -0.05) is 6.92 Å². The second kappa shape index (κ2) is 3.86. The van der Waals surface area contributed by atoms with E-state index in [1.165, 1.54) is 11.4 Å². The van der Waals surface area contributed by atoms with Gasteiger partial charge in [-0.3, -0.25) is 0 Å². The Morgan fingerprint density at radius 2 is 2.56 bits per heavy atom. The maximum atomic E-state index is 5.55. The van der Waals surface area contributed by atoms with E-state index < -0.39 is 0 Å². The number of hydrogen-bond donors (Lipinski definition) is 2. The van der Waals surface area contributed by atoms with Crippen LogP contribution in [0.15, 0.2) is 6.33 Å². The molecule has 1 saturated heterocycles. The van der Waals surface area contributed by atoms with Gasteiger partial charge in [0.1, 0.15) is 0 Å². The third-order valence-corrected chi connectivity index (χ3v) is 4.14. The number of nitrogens with one attached hydrogen (secondary N) is 2. The topological polar surface area (TPSA) is 49.9 Å². The number of nitrogens with zero attached hydrogens (tertiary/aromatic N) is 1. The van der Waals surface area contributed by atoms with E-state index in [0.717, 1.165) is 39.0 Å². The van der Waals surface area contributed by atoms with Crippen LogP contribution in [0.5, 0.6) is 0 Å². The quantitative estimate of drug-likeness (QED) is 0.789. The van der Waals surface area contributed by atoms with E-state index >= 15 is 0 Å². The van der Waals surface area contributed by atoms with Crippen LogP contribution in [0, 0.1) is 5.92 Å². The van der Waals surface area contributed by atoms with Crippen LogP contribution in [0.2, 0.25) is 0 Å². The van der Waals surface area contributed by atoms with Crippen LogP contribution in [-0.2, 0) is 16.7 Å². The van der Waals surface area contributed by atoms with E-state index in [0.29, 0.717) is 5.92 Å². The molecule has 2 N–H and O–H groups in total. The summed E-state index contributed by atoms with van der Waals surface area (Å²) < 4.78 is 5.55. The lowest BCUT2D eigenvalue weighted by Crippen LogP contribution is -2.52. The summed E-state index contributed by atoms with van der Waals surface area (Å²) >= 11 is 0. The SMILES string of the molecule is CCC1(C2CCOC2)NCCc2[nH]cnc21. The van der Waals surface area contributed by atoms with E-state index in [2.05, 4.69) is 22.2 Å². The molecule has 88 valence electrons. The van der Waals surface area contributed by atoms with Gasteiger partial charge in [-0.15, -0.1) is 0 Å². The molecule has 2 unspecified atom stereocenters. The number of rotatable bonds is 2. The minimum absolute atomic E-state index is 0.0457. The largest absolute Gasteiger partial charge is 0.381 e. The van der Waals surface area contributed by atoms with Gasteiger partial charge in [0.2, 0.25) is 0 Å². The lowest BCUT2D eigenvalue weighted by atomic mass is 9.75. The molecule has 4 nitrogen and oxygen atoms in total. The number of aromatic nitrogens is 2. The first-order chi connectivity index (χ1) is 7.87. The number of imidazole rings is 1. The maximum absolute atomic E-state index is 5.55. The highest BCUT2D eigenvalue weighted by atomic mass is 16.5. The summed E-state index contributed by atoms with van der Waals surface area (Å²) in [6.07, 6.45) is 5.12. The highest BCUT2D eigenvalue weighted by Gasteiger charge is 2.45. The highest BCUT2D eigenvalue weighted by molar-refractivity contribution is 5.26. The summed E-state index contributed by atoms with van der Waals surface area (Å²) in [6, 6.07) is 0. The van der Waals surface area contributed by atoms with Gasteiger partial charge in [-0.25, -0.2) is 4.98 Å². The zero-order valence-corrected chi connectivity index (χ0v) is 9.75. The molecule has 0 radical (unpaired) electrons. The van der Waals surface area contributed by atoms with Crippen molar-refractivity contribution >= 4 is 0 Å². The molecule has 2 aliphatic heterocycles. The normalized spacial score (nSPS) is 33.9. The molecule has 0 bridgehead atoms. The highest BCUT2D eigenvalue weighted by Crippen LogP contribution is 2.39. The molecule has 0 aliphatic carbocycles. The molecular weight excluding hydrogens is 202 g/mol. The lowest BCUT2D eigenvalue weighted by Gasteiger charge is -2.41. The van der Waals surface area contributed by atoms with Gasteiger partial charge >= 0.3 is 0 Å². The fraction of sp³-hybridized carbons (Fsp3) is 0.750. The fourth-order valence-corrected chi connectivity index (χ4v) is 3.23. The summed E-state index contributed by atoms with van der Waals surface area (Å²) in [7, 11) is 0.